The smallest absolute Gasteiger partial charge is 0.0407 e. The van der Waals surface area contributed by atoms with Crippen molar-refractivity contribution in [2.75, 3.05) is 0 Å². The van der Waals surface area contributed by atoms with Gasteiger partial charge in [-0.2, -0.15) is 0 Å². The van der Waals surface area contributed by atoms with E-state index in [1.54, 1.807) is 11.3 Å². The minimum absolute atomic E-state index is 0.116. The van der Waals surface area contributed by atoms with Crippen LogP contribution < -0.4 is 11.5 Å². The summed E-state index contributed by atoms with van der Waals surface area (Å²) in [7, 11) is 0. The molecule has 2 unspecified atom stereocenters. The van der Waals surface area contributed by atoms with E-state index in [9.17, 15) is 0 Å². The second-order valence-electron chi connectivity index (χ2n) is 3.29. The summed E-state index contributed by atoms with van der Waals surface area (Å²) in [4.78, 5) is 1.27. The first-order chi connectivity index (χ1) is 5.61. The van der Waals surface area contributed by atoms with Crippen molar-refractivity contribution >= 4 is 11.3 Å². The van der Waals surface area contributed by atoms with E-state index in [-0.39, 0.29) is 12.1 Å². The van der Waals surface area contributed by atoms with Crippen LogP contribution in [0.15, 0.2) is 11.4 Å². The number of nitrogens with two attached hydrogens (primary N) is 2. The van der Waals surface area contributed by atoms with Gasteiger partial charge in [-0.1, -0.05) is 0 Å². The maximum Gasteiger partial charge on any atom is 0.0407 e. The summed E-state index contributed by atoms with van der Waals surface area (Å²) in [5, 5.41) is 2.08. The van der Waals surface area contributed by atoms with Gasteiger partial charge in [-0.25, -0.2) is 0 Å². The lowest BCUT2D eigenvalue weighted by atomic mass is 10.1. The molecular weight excluding hydrogens is 168 g/mol. The lowest BCUT2D eigenvalue weighted by Crippen LogP contribution is -2.22. The van der Waals surface area contributed by atoms with Gasteiger partial charge in [0, 0.05) is 17.0 Å². The number of hydrogen-bond donors (Lipinski definition) is 2. The topological polar surface area (TPSA) is 52.0 Å². The van der Waals surface area contributed by atoms with E-state index >= 15 is 0 Å². The van der Waals surface area contributed by atoms with Gasteiger partial charge in [-0.05, 0) is 37.3 Å². The Balaban J connectivity index is 2.65. The molecular formula is C9H16N2S. The van der Waals surface area contributed by atoms with Gasteiger partial charge in [0.25, 0.3) is 0 Å². The molecule has 12 heavy (non-hydrogen) atoms. The Kier molecular flexibility index (Phi) is 3.26. The molecule has 0 aliphatic heterocycles. The van der Waals surface area contributed by atoms with Crippen molar-refractivity contribution in [3.05, 3.63) is 21.9 Å². The fourth-order valence-electron chi connectivity index (χ4n) is 1.27. The maximum atomic E-state index is 5.97. The highest BCUT2D eigenvalue weighted by Gasteiger charge is 2.11. The fraction of sp³-hybridized carbons (Fsp3) is 0.556. The van der Waals surface area contributed by atoms with Crippen LogP contribution in [0.25, 0.3) is 0 Å². The van der Waals surface area contributed by atoms with Gasteiger partial charge in [0.2, 0.25) is 0 Å². The molecule has 0 fully saturated rings. The van der Waals surface area contributed by atoms with Crippen molar-refractivity contribution in [1.82, 2.24) is 0 Å². The minimum atomic E-state index is 0.116. The van der Waals surface area contributed by atoms with E-state index in [4.69, 9.17) is 11.5 Å². The predicted octanol–water partition coefficient (Wildman–Crippen LogP) is 1.79. The van der Waals surface area contributed by atoms with Gasteiger partial charge in [-0.3, -0.25) is 0 Å². The number of thiophene rings is 1. The third kappa shape index (κ3) is 2.30. The first-order valence-electron chi connectivity index (χ1n) is 4.16. The Morgan fingerprint density at radius 1 is 1.50 bits per heavy atom. The van der Waals surface area contributed by atoms with Crippen LogP contribution in [-0.2, 0) is 0 Å². The summed E-state index contributed by atoms with van der Waals surface area (Å²) in [5.74, 6) is 0. The molecule has 0 radical (unpaired) electrons. The van der Waals surface area contributed by atoms with Crippen LogP contribution in [0.4, 0.5) is 0 Å². The molecule has 68 valence electrons. The summed E-state index contributed by atoms with van der Waals surface area (Å²) >= 11 is 1.72. The third-order valence-electron chi connectivity index (χ3n) is 1.86. The highest BCUT2D eigenvalue weighted by atomic mass is 32.1. The van der Waals surface area contributed by atoms with E-state index in [2.05, 4.69) is 18.4 Å². The van der Waals surface area contributed by atoms with Crippen molar-refractivity contribution in [1.29, 1.82) is 0 Å². The molecule has 0 amide bonds. The molecule has 4 N–H and O–H groups in total. The van der Waals surface area contributed by atoms with Crippen LogP contribution in [0.3, 0.4) is 0 Å². The Morgan fingerprint density at radius 3 is 2.58 bits per heavy atom. The molecule has 1 rings (SSSR count). The Hall–Kier alpha value is -0.380. The number of aryl methyl sites for hydroxylation is 1. The first-order valence-corrected chi connectivity index (χ1v) is 5.04. The van der Waals surface area contributed by atoms with E-state index in [0.29, 0.717) is 0 Å². The second-order valence-corrected chi connectivity index (χ2v) is 4.24. The lowest BCUT2D eigenvalue weighted by molar-refractivity contribution is 0.573. The van der Waals surface area contributed by atoms with Crippen molar-refractivity contribution in [2.24, 2.45) is 11.5 Å². The second kappa shape index (κ2) is 4.03. The highest BCUT2D eigenvalue weighted by molar-refractivity contribution is 7.10. The molecule has 0 saturated carbocycles. The number of hydrogen-bond acceptors (Lipinski definition) is 3. The van der Waals surface area contributed by atoms with Crippen LogP contribution in [0.1, 0.15) is 29.8 Å². The largest absolute Gasteiger partial charge is 0.328 e. The van der Waals surface area contributed by atoms with Crippen LogP contribution in [0.2, 0.25) is 0 Å². The van der Waals surface area contributed by atoms with Gasteiger partial charge in [-0.15, -0.1) is 11.3 Å². The molecule has 1 aromatic heterocycles. The van der Waals surface area contributed by atoms with Gasteiger partial charge in [0.1, 0.15) is 0 Å². The Labute approximate surface area is 77.6 Å². The van der Waals surface area contributed by atoms with Crippen LogP contribution >= 0.6 is 11.3 Å². The predicted molar refractivity (Wildman–Crippen MR) is 54.3 cm³/mol. The summed E-state index contributed by atoms with van der Waals surface area (Å²) in [6.45, 7) is 4.08. The third-order valence-corrected chi connectivity index (χ3v) is 3.02. The van der Waals surface area contributed by atoms with Crippen molar-refractivity contribution in [3.63, 3.8) is 0 Å². The van der Waals surface area contributed by atoms with Crippen LogP contribution in [-0.4, -0.2) is 6.04 Å². The molecule has 0 bridgehead atoms. The minimum Gasteiger partial charge on any atom is -0.328 e. The average molecular weight is 184 g/mol. The van der Waals surface area contributed by atoms with Crippen molar-refractivity contribution in [3.8, 4) is 0 Å². The van der Waals surface area contributed by atoms with Gasteiger partial charge < -0.3 is 11.5 Å². The molecule has 2 atom stereocenters. The Morgan fingerprint density at radius 2 is 2.17 bits per heavy atom. The molecule has 0 saturated heterocycles. The summed E-state index contributed by atoms with van der Waals surface area (Å²) in [6, 6.07) is 2.40. The van der Waals surface area contributed by atoms with Gasteiger partial charge in [0.15, 0.2) is 0 Å². The monoisotopic (exact) mass is 184 g/mol. The molecule has 0 aliphatic carbocycles. The standard InChI is InChI=1S/C9H16N2S/c1-6-3-4-12-9(6)8(11)5-7(2)10/h3-4,7-8H,5,10-11H2,1-2H3. The van der Waals surface area contributed by atoms with E-state index in [1.807, 2.05) is 6.92 Å². The zero-order chi connectivity index (χ0) is 9.14. The van der Waals surface area contributed by atoms with Gasteiger partial charge in [0.05, 0.1) is 0 Å². The lowest BCUT2D eigenvalue weighted by Gasteiger charge is -2.13. The van der Waals surface area contributed by atoms with Gasteiger partial charge >= 0.3 is 0 Å². The first kappa shape index (κ1) is 9.71. The average Bonchev–Trinajstić information content (AvgIpc) is 2.33. The Bertz CT molecular complexity index is 242. The molecule has 3 heteroatoms. The number of rotatable bonds is 3. The summed E-state index contributed by atoms with van der Waals surface area (Å²) in [6.07, 6.45) is 0.862. The van der Waals surface area contributed by atoms with E-state index in [0.717, 1.165) is 6.42 Å². The van der Waals surface area contributed by atoms with E-state index in [1.165, 1.54) is 10.4 Å². The normalized spacial score (nSPS) is 16.0. The molecule has 0 aromatic carbocycles. The van der Waals surface area contributed by atoms with Crippen LogP contribution in [0, 0.1) is 6.92 Å². The SMILES string of the molecule is Cc1ccsc1C(N)CC(C)N. The highest BCUT2D eigenvalue weighted by Crippen LogP contribution is 2.24. The van der Waals surface area contributed by atoms with Crippen LogP contribution in [0.5, 0.6) is 0 Å². The van der Waals surface area contributed by atoms with Crippen molar-refractivity contribution in [2.45, 2.75) is 32.4 Å². The quantitative estimate of drug-likeness (QED) is 0.752. The summed E-state index contributed by atoms with van der Waals surface area (Å²) < 4.78 is 0. The maximum absolute atomic E-state index is 5.97. The molecule has 1 aromatic rings. The van der Waals surface area contributed by atoms with Crippen molar-refractivity contribution < 1.29 is 0 Å². The molecule has 0 aliphatic rings. The molecule has 2 nitrogen and oxygen atoms in total. The molecule has 0 spiro atoms. The fourth-order valence-corrected chi connectivity index (χ4v) is 2.22. The van der Waals surface area contributed by atoms with E-state index < -0.39 is 0 Å². The molecule has 1 heterocycles. The zero-order valence-electron chi connectivity index (χ0n) is 7.58. The zero-order valence-corrected chi connectivity index (χ0v) is 8.40. The summed E-state index contributed by atoms with van der Waals surface area (Å²) in [5.41, 5.74) is 12.9.